The van der Waals surface area contributed by atoms with Gasteiger partial charge in [-0.15, -0.1) is 11.3 Å². The van der Waals surface area contributed by atoms with Crippen molar-refractivity contribution in [1.29, 1.82) is 0 Å². The molecule has 2 amide bonds. The van der Waals surface area contributed by atoms with Crippen LogP contribution < -0.4 is 10.6 Å². The molecular formula is C23H31N3O3S. The van der Waals surface area contributed by atoms with Gasteiger partial charge in [0.2, 0.25) is 5.91 Å². The van der Waals surface area contributed by atoms with E-state index in [1.807, 2.05) is 41.8 Å². The summed E-state index contributed by atoms with van der Waals surface area (Å²) < 4.78 is 5.84. The molecule has 2 unspecified atom stereocenters. The van der Waals surface area contributed by atoms with E-state index in [-0.39, 0.29) is 17.9 Å². The minimum absolute atomic E-state index is 0.0353. The summed E-state index contributed by atoms with van der Waals surface area (Å²) in [5, 5.41) is 7.75. The van der Waals surface area contributed by atoms with Crippen molar-refractivity contribution in [3.8, 4) is 0 Å². The topological polar surface area (TPSA) is 70.7 Å². The largest absolute Gasteiger partial charge is 0.374 e. The van der Waals surface area contributed by atoms with Gasteiger partial charge in [0.05, 0.1) is 17.6 Å². The van der Waals surface area contributed by atoms with Crippen molar-refractivity contribution in [2.75, 3.05) is 32.8 Å². The Balaban J connectivity index is 1.59. The Bertz CT molecular complexity index is 795. The van der Waals surface area contributed by atoms with Crippen molar-refractivity contribution in [2.45, 2.75) is 32.4 Å². The van der Waals surface area contributed by atoms with Crippen LogP contribution in [-0.4, -0.2) is 61.6 Å². The van der Waals surface area contributed by atoms with E-state index in [9.17, 15) is 9.59 Å². The van der Waals surface area contributed by atoms with E-state index in [4.69, 9.17) is 4.74 Å². The maximum absolute atomic E-state index is 13.0. The molecule has 1 aliphatic heterocycles. The number of nitrogens with one attached hydrogen (secondary N) is 2. The highest BCUT2D eigenvalue weighted by atomic mass is 32.1. The Kier molecular flexibility index (Phi) is 8.42. The Hall–Kier alpha value is -2.22. The van der Waals surface area contributed by atoms with Crippen LogP contribution >= 0.6 is 11.3 Å². The van der Waals surface area contributed by atoms with Gasteiger partial charge in [-0.3, -0.25) is 14.5 Å². The molecule has 0 bridgehead atoms. The Morgan fingerprint density at radius 3 is 2.70 bits per heavy atom. The number of ether oxygens (including phenoxy) is 1. The fourth-order valence-electron chi connectivity index (χ4n) is 3.62. The minimum Gasteiger partial charge on any atom is -0.374 e. The first-order valence-corrected chi connectivity index (χ1v) is 11.4. The van der Waals surface area contributed by atoms with Crippen LogP contribution in [0.3, 0.4) is 0 Å². The quantitative estimate of drug-likeness (QED) is 0.643. The number of morpholine rings is 1. The summed E-state index contributed by atoms with van der Waals surface area (Å²) in [5.41, 5.74) is 1.00. The first kappa shape index (κ1) is 22.5. The molecule has 2 heterocycles. The van der Waals surface area contributed by atoms with Gasteiger partial charge in [0, 0.05) is 32.6 Å². The summed E-state index contributed by atoms with van der Waals surface area (Å²) in [5.74, 6) is 0.188. The number of carbonyl (C=O) groups is 2. The monoisotopic (exact) mass is 429 g/mol. The van der Waals surface area contributed by atoms with Gasteiger partial charge in [0.1, 0.15) is 6.04 Å². The second kappa shape index (κ2) is 11.2. The number of rotatable bonds is 9. The van der Waals surface area contributed by atoms with Crippen LogP contribution in [0.15, 0.2) is 47.8 Å². The zero-order valence-electron chi connectivity index (χ0n) is 17.7. The smallest absolute Gasteiger partial charge is 0.262 e. The molecule has 0 spiro atoms. The van der Waals surface area contributed by atoms with Gasteiger partial charge < -0.3 is 15.4 Å². The molecule has 1 saturated heterocycles. The highest BCUT2D eigenvalue weighted by Gasteiger charge is 2.25. The summed E-state index contributed by atoms with van der Waals surface area (Å²) in [7, 11) is 0. The van der Waals surface area contributed by atoms with E-state index < -0.39 is 6.04 Å². The molecule has 2 aromatic rings. The molecular weight excluding hydrogens is 398 g/mol. The fraction of sp³-hybridized carbons (Fsp3) is 0.478. The number of hydrogen-bond donors (Lipinski definition) is 2. The predicted molar refractivity (Wildman–Crippen MR) is 120 cm³/mol. The zero-order valence-corrected chi connectivity index (χ0v) is 18.5. The van der Waals surface area contributed by atoms with Crippen molar-refractivity contribution >= 4 is 23.2 Å². The van der Waals surface area contributed by atoms with Crippen LogP contribution in [0.2, 0.25) is 0 Å². The van der Waals surface area contributed by atoms with Gasteiger partial charge in [0.25, 0.3) is 5.91 Å². The maximum Gasteiger partial charge on any atom is 0.262 e. The van der Waals surface area contributed by atoms with E-state index in [0.717, 1.165) is 25.2 Å². The number of benzene rings is 1. The standard InChI is InChI=1S/C23H31N3O3S/c1-17(2)15-26-10-11-29-19(16-26)14-24-22(27)20(13-18-7-4-3-5-8-18)25-23(28)21-9-6-12-30-21/h3-9,12,17,19-20H,10-11,13-16H2,1-2H3,(H,24,27)(H,25,28). The zero-order chi connectivity index (χ0) is 21.3. The first-order chi connectivity index (χ1) is 14.5. The Morgan fingerprint density at radius 1 is 1.20 bits per heavy atom. The molecule has 0 aliphatic carbocycles. The second-order valence-electron chi connectivity index (χ2n) is 8.08. The average molecular weight is 430 g/mol. The second-order valence-corrected chi connectivity index (χ2v) is 9.03. The van der Waals surface area contributed by atoms with Gasteiger partial charge >= 0.3 is 0 Å². The predicted octanol–water partition coefficient (Wildman–Crippen LogP) is 2.56. The van der Waals surface area contributed by atoms with Gasteiger partial charge in [-0.05, 0) is 22.9 Å². The van der Waals surface area contributed by atoms with Crippen molar-refractivity contribution in [3.05, 3.63) is 58.3 Å². The molecule has 30 heavy (non-hydrogen) atoms. The van der Waals surface area contributed by atoms with Crippen LogP contribution in [0.4, 0.5) is 0 Å². The lowest BCUT2D eigenvalue weighted by Crippen LogP contribution is -2.52. The van der Waals surface area contributed by atoms with Crippen LogP contribution in [0, 0.1) is 5.92 Å². The first-order valence-electron chi connectivity index (χ1n) is 10.5. The lowest BCUT2D eigenvalue weighted by Gasteiger charge is -2.34. The average Bonchev–Trinajstić information content (AvgIpc) is 3.27. The van der Waals surface area contributed by atoms with Crippen molar-refractivity contribution in [1.82, 2.24) is 15.5 Å². The summed E-state index contributed by atoms with van der Waals surface area (Å²) in [6.45, 7) is 8.29. The molecule has 7 heteroatoms. The van der Waals surface area contributed by atoms with E-state index in [2.05, 4.69) is 29.4 Å². The number of hydrogen-bond acceptors (Lipinski definition) is 5. The molecule has 1 aromatic heterocycles. The molecule has 6 nitrogen and oxygen atoms in total. The third-order valence-electron chi connectivity index (χ3n) is 5.00. The summed E-state index contributed by atoms with van der Waals surface area (Å²) in [4.78, 5) is 28.5. The SMILES string of the molecule is CC(C)CN1CCOC(CNC(=O)C(Cc2ccccc2)NC(=O)c2cccs2)C1. The molecule has 0 saturated carbocycles. The normalized spacial score (nSPS) is 18.2. The van der Waals surface area contributed by atoms with Crippen LogP contribution in [-0.2, 0) is 16.0 Å². The minimum atomic E-state index is -0.641. The van der Waals surface area contributed by atoms with Gasteiger partial charge in [-0.1, -0.05) is 50.2 Å². The lowest BCUT2D eigenvalue weighted by molar-refractivity contribution is -0.124. The van der Waals surface area contributed by atoms with Gasteiger partial charge in [-0.25, -0.2) is 0 Å². The summed E-state index contributed by atoms with van der Waals surface area (Å²) >= 11 is 1.36. The maximum atomic E-state index is 13.0. The summed E-state index contributed by atoms with van der Waals surface area (Å²) in [6, 6.07) is 12.7. The van der Waals surface area contributed by atoms with Crippen LogP contribution in [0.1, 0.15) is 29.1 Å². The van der Waals surface area contributed by atoms with Crippen molar-refractivity contribution < 1.29 is 14.3 Å². The molecule has 162 valence electrons. The number of amides is 2. The van der Waals surface area contributed by atoms with Crippen molar-refractivity contribution in [2.24, 2.45) is 5.92 Å². The molecule has 1 aliphatic rings. The lowest BCUT2D eigenvalue weighted by atomic mass is 10.0. The molecule has 1 aromatic carbocycles. The van der Waals surface area contributed by atoms with Crippen LogP contribution in [0.25, 0.3) is 0 Å². The van der Waals surface area contributed by atoms with Gasteiger partial charge in [0.15, 0.2) is 0 Å². The fourth-order valence-corrected chi connectivity index (χ4v) is 4.25. The Morgan fingerprint density at radius 2 is 2.00 bits per heavy atom. The van der Waals surface area contributed by atoms with Crippen LogP contribution in [0.5, 0.6) is 0 Å². The third kappa shape index (κ3) is 6.93. The molecule has 1 fully saturated rings. The van der Waals surface area contributed by atoms with Gasteiger partial charge in [-0.2, -0.15) is 0 Å². The molecule has 2 N–H and O–H groups in total. The highest BCUT2D eigenvalue weighted by molar-refractivity contribution is 7.12. The van der Waals surface area contributed by atoms with Crippen molar-refractivity contribution in [3.63, 3.8) is 0 Å². The Labute approximate surface area is 182 Å². The van der Waals surface area contributed by atoms with E-state index >= 15 is 0 Å². The molecule has 2 atom stereocenters. The number of thiophene rings is 1. The number of carbonyl (C=O) groups excluding carboxylic acids is 2. The molecule has 0 radical (unpaired) electrons. The number of nitrogens with zero attached hydrogens (tertiary/aromatic N) is 1. The highest BCUT2D eigenvalue weighted by Crippen LogP contribution is 2.11. The van der Waals surface area contributed by atoms with E-state index in [1.165, 1.54) is 11.3 Å². The third-order valence-corrected chi connectivity index (χ3v) is 5.87. The van der Waals surface area contributed by atoms with E-state index in [1.54, 1.807) is 6.07 Å². The summed E-state index contributed by atoms with van der Waals surface area (Å²) in [6.07, 6.45) is 0.404. The van der Waals surface area contributed by atoms with E-state index in [0.29, 0.717) is 30.4 Å². The molecule has 3 rings (SSSR count).